The summed E-state index contributed by atoms with van der Waals surface area (Å²) in [7, 11) is 0. The molecule has 0 aliphatic heterocycles. The van der Waals surface area contributed by atoms with Crippen molar-refractivity contribution in [2.45, 2.75) is 38.6 Å². The van der Waals surface area contributed by atoms with Crippen LogP contribution in [0, 0.1) is 13.8 Å². The summed E-state index contributed by atoms with van der Waals surface area (Å²) in [6.07, 6.45) is 2.50. The first kappa shape index (κ1) is 12.3. The Morgan fingerprint density at radius 2 is 1.74 bits per heavy atom. The van der Waals surface area contributed by atoms with Gasteiger partial charge < -0.3 is 5.32 Å². The molecule has 1 heteroatoms. The number of hydrogen-bond acceptors (Lipinski definition) is 1. The van der Waals surface area contributed by atoms with E-state index in [2.05, 4.69) is 67.7 Å². The molecule has 0 saturated heterocycles. The van der Waals surface area contributed by atoms with Crippen molar-refractivity contribution < 1.29 is 0 Å². The van der Waals surface area contributed by atoms with E-state index in [1.54, 1.807) is 0 Å². The summed E-state index contributed by atoms with van der Waals surface area (Å²) in [6.45, 7) is 4.36. The molecule has 1 aliphatic rings. The lowest BCUT2D eigenvalue weighted by molar-refractivity contribution is 0.373. The van der Waals surface area contributed by atoms with Crippen LogP contribution in [0.15, 0.2) is 48.5 Å². The molecule has 1 nitrogen and oxygen atoms in total. The zero-order valence-corrected chi connectivity index (χ0v) is 11.7. The lowest BCUT2D eigenvalue weighted by atomic mass is 9.74. The molecule has 98 valence electrons. The van der Waals surface area contributed by atoms with Crippen LogP contribution in [-0.4, -0.2) is 6.04 Å². The van der Waals surface area contributed by atoms with E-state index in [1.165, 1.54) is 35.2 Å². The van der Waals surface area contributed by atoms with Crippen LogP contribution in [0.3, 0.4) is 0 Å². The first-order valence-corrected chi connectivity index (χ1v) is 7.11. The Labute approximate surface area is 115 Å². The van der Waals surface area contributed by atoms with Gasteiger partial charge in [0.1, 0.15) is 0 Å². The molecular formula is C18H21N. The Balaban J connectivity index is 1.60. The molecule has 19 heavy (non-hydrogen) atoms. The zero-order chi connectivity index (χ0) is 13.2. The van der Waals surface area contributed by atoms with Crippen molar-refractivity contribution in [2.75, 3.05) is 5.32 Å². The van der Waals surface area contributed by atoms with E-state index in [4.69, 9.17) is 0 Å². The molecule has 1 aliphatic carbocycles. The second-order valence-corrected chi connectivity index (χ2v) is 5.74. The van der Waals surface area contributed by atoms with E-state index in [9.17, 15) is 0 Å². The average molecular weight is 251 g/mol. The molecule has 0 unspecified atom stereocenters. The summed E-state index contributed by atoms with van der Waals surface area (Å²) in [5.41, 5.74) is 5.54. The van der Waals surface area contributed by atoms with Gasteiger partial charge in [0.15, 0.2) is 0 Å². The Bertz CT molecular complexity index is 567. The fraction of sp³-hybridized carbons (Fsp3) is 0.333. The van der Waals surface area contributed by atoms with Gasteiger partial charge in [0.25, 0.3) is 0 Å². The van der Waals surface area contributed by atoms with Gasteiger partial charge in [-0.2, -0.15) is 0 Å². The molecule has 2 aromatic carbocycles. The van der Waals surface area contributed by atoms with Gasteiger partial charge in [0.2, 0.25) is 0 Å². The van der Waals surface area contributed by atoms with Crippen molar-refractivity contribution in [2.24, 2.45) is 0 Å². The van der Waals surface area contributed by atoms with Gasteiger partial charge in [-0.3, -0.25) is 0 Å². The second-order valence-electron chi connectivity index (χ2n) is 5.74. The Hall–Kier alpha value is -1.76. The molecular weight excluding hydrogens is 230 g/mol. The SMILES string of the molecule is Cc1cccc(NC2CC(c3ccccc3C)C2)c1. The van der Waals surface area contributed by atoms with E-state index in [-0.39, 0.29) is 0 Å². The Kier molecular flexibility index (Phi) is 3.29. The van der Waals surface area contributed by atoms with Crippen LogP contribution in [0.25, 0.3) is 0 Å². The third-order valence-electron chi connectivity index (χ3n) is 4.16. The molecule has 0 radical (unpaired) electrons. The first-order chi connectivity index (χ1) is 9.22. The molecule has 0 spiro atoms. The summed E-state index contributed by atoms with van der Waals surface area (Å²) >= 11 is 0. The number of nitrogens with one attached hydrogen (secondary N) is 1. The van der Waals surface area contributed by atoms with Gasteiger partial charge in [0, 0.05) is 11.7 Å². The fourth-order valence-corrected chi connectivity index (χ4v) is 3.01. The maximum Gasteiger partial charge on any atom is 0.0344 e. The topological polar surface area (TPSA) is 12.0 Å². The highest BCUT2D eigenvalue weighted by molar-refractivity contribution is 5.47. The fourth-order valence-electron chi connectivity index (χ4n) is 3.01. The van der Waals surface area contributed by atoms with E-state index < -0.39 is 0 Å². The lowest BCUT2D eigenvalue weighted by Gasteiger charge is -2.37. The van der Waals surface area contributed by atoms with Gasteiger partial charge in [-0.25, -0.2) is 0 Å². The van der Waals surface area contributed by atoms with Crippen molar-refractivity contribution >= 4 is 5.69 Å². The minimum absolute atomic E-state index is 0.631. The van der Waals surface area contributed by atoms with Crippen LogP contribution in [0.1, 0.15) is 35.4 Å². The lowest BCUT2D eigenvalue weighted by Crippen LogP contribution is -2.34. The van der Waals surface area contributed by atoms with Crippen molar-refractivity contribution in [3.8, 4) is 0 Å². The third-order valence-corrected chi connectivity index (χ3v) is 4.16. The highest BCUT2D eigenvalue weighted by Crippen LogP contribution is 2.39. The van der Waals surface area contributed by atoms with Crippen molar-refractivity contribution in [3.63, 3.8) is 0 Å². The minimum atomic E-state index is 0.631. The van der Waals surface area contributed by atoms with Crippen molar-refractivity contribution in [1.29, 1.82) is 0 Å². The molecule has 0 aromatic heterocycles. The summed E-state index contributed by atoms with van der Waals surface area (Å²) < 4.78 is 0. The van der Waals surface area contributed by atoms with Crippen LogP contribution in [-0.2, 0) is 0 Å². The predicted octanol–water partition coefficient (Wildman–Crippen LogP) is 4.66. The molecule has 2 aromatic rings. The van der Waals surface area contributed by atoms with Crippen LogP contribution < -0.4 is 5.32 Å². The van der Waals surface area contributed by atoms with E-state index in [1.807, 2.05) is 0 Å². The minimum Gasteiger partial charge on any atom is -0.382 e. The quantitative estimate of drug-likeness (QED) is 0.836. The standard InChI is InChI=1S/C18H21N/c1-13-6-5-8-16(10-13)19-17-11-15(12-17)18-9-4-3-7-14(18)2/h3-10,15,17,19H,11-12H2,1-2H3. The van der Waals surface area contributed by atoms with Gasteiger partial charge in [0.05, 0.1) is 0 Å². The molecule has 0 heterocycles. The molecule has 1 N–H and O–H groups in total. The van der Waals surface area contributed by atoms with Crippen molar-refractivity contribution in [3.05, 3.63) is 65.2 Å². The third kappa shape index (κ3) is 2.65. The maximum absolute atomic E-state index is 3.64. The van der Waals surface area contributed by atoms with Crippen LogP contribution in [0.2, 0.25) is 0 Å². The maximum atomic E-state index is 3.64. The normalized spacial score (nSPS) is 21.8. The second kappa shape index (κ2) is 5.08. The molecule has 0 atom stereocenters. The monoisotopic (exact) mass is 251 g/mol. The van der Waals surface area contributed by atoms with E-state index in [0.29, 0.717) is 6.04 Å². The Morgan fingerprint density at radius 3 is 2.47 bits per heavy atom. The number of benzene rings is 2. The zero-order valence-electron chi connectivity index (χ0n) is 11.7. The number of anilines is 1. The number of rotatable bonds is 3. The summed E-state index contributed by atoms with van der Waals surface area (Å²) in [6, 6.07) is 18.1. The van der Waals surface area contributed by atoms with Gasteiger partial charge in [-0.15, -0.1) is 0 Å². The van der Waals surface area contributed by atoms with Crippen LogP contribution >= 0.6 is 0 Å². The van der Waals surface area contributed by atoms with E-state index in [0.717, 1.165) is 5.92 Å². The summed E-state index contributed by atoms with van der Waals surface area (Å²) in [4.78, 5) is 0. The highest BCUT2D eigenvalue weighted by Gasteiger charge is 2.30. The largest absolute Gasteiger partial charge is 0.382 e. The smallest absolute Gasteiger partial charge is 0.0344 e. The predicted molar refractivity (Wildman–Crippen MR) is 81.7 cm³/mol. The van der Waals surface area contributed by atoms with Crippen LogP contribution in [0.5, 0.6) is 0 Å². The molecule has 0 bridgehead atoms. The molecule has 1 fully saturated rings. The number of aryl methyl sites for hydroxylation is 2. The average Bonchev–Trinajstić information content (AvgIpc) is 2.35. The molecule has 3 rings (SSSR count). The Morgan fingerprint density at radius 1 is 0.947 bits per heavy atom. The first-order valence-electron chi connectivity index (χ1n) is 7.11. The highest BCUT2D eigenvalue weighted by atomic mass is 14.9. The van der Waals surface area contributed by atoms with Crippen LogP contribution in [0.4, 0.5) is 5.69 Å². The van der Waals surface area contributed by atoms with E-state index >= 15 is 0 Å². The molecule has 0 amide bonds. The van der Waals surface area contributed by atoms with Gasteiger partial charge in [-0.05, 0) is 61.4 Å². The molecule has 1 saturated carbocycles. The van der Waals surface area contributed by atoms with Gasteiger partial charge >= 0.3 is 0 Å². The van der Waals surface area contributed by atoms with Gasteiger partial charge in [-0.1, -0.05) is 36.4 Å². The summed E-state index contributed by atoms with van der Waals surface area (Å²) in [5.74, 6) is 0.739. The van der Waals surface area contributed by atoms with Crippen molar-refractivity contribution in [1.82, 2.24) is 0 Å². The summed E-state index contributed by atoms with van der Waals surface area (Å²) in [5, 5.41) is 3.64. The number of hydrogen-bond donors (Lipinski definition) is 1.